The van der Waals surface area contributed by atoms with Crippen LogP contribution in [0.4, 0.5) is 0 Å². The highest BCUT2D eigenvalue weighted by atomic mass is 14.7. The fourth-order valence-corrected chi connectivity index (χ4v) is 2.04. The zero-order valence-electron chi connectivity index (χ0n) is 8.16. The fourth-order valence-electron chi connectivity index (χ4n) is 2.04. The van der Waals surface area contributed by atoms with Crippen LogP contribution in [0.25, 0.3) is 9.69 Å². The van der Waals surface area contributed by atoms with Crippen molar-refractivity contribution in [1.82, 2.24) is 0 Å². The highest BCUT2D eigenvalue weighted by Crippen LogP contribution is 2.29. The first kappa shape index (κ1) is 10.1. The van der Waals surface area contributed by atoms with E-state index in [9.17, 15) is 0 Å². The molecule has 0 aliphatic heterocycles. The largest absolute Gasteiger partial charge is 0.314 e. The predicted octanol–water partition coefficient (Wildman–Crippen LogP) is 3.16. The molecule has 0 aromatic heterocycles. The summed E-state index contributed by atoms with van der Waals surface area (Å²) in [7, 11) is 0. The summed E-state index contributed by atoms with van der Waals surface area (Å²) in [6.07, 6.45) is 5.46. The van der Waals surface area contributed by atoms with Crippen molar-refractivity contribution in [3.63, 3.8) is 0 Å². The maximum atomic E-state index is 6.92. The normalized spacial score (nSPS) is 30.1. The van der Waals surface area contributed by atoms with Crippen molar-refractivity contribution in [3.8, 4) is 0 Å². The topological polar surface area (TPSA) is 8.72 Å². The molecule has 0 aromatic rings. The Kier molecular flexibility index (Phi) is 3.77. The third kappa shape index (κ3) is 3.07. The van der Waals surface area contributed by atoms with Crippen LogP contribution in [-0.2, 0) is 0 Å². The van der Waals surface area contributed by atoms with Gasteiger partial charge in [-0.1, -0.05) is 0 Å². The Morgan fingerprint density at radius 1 is 1.23 bits per heavy atom. The third-order valence-corrected chi connectivity index (χ3v) is 2.89. The van der Waals surface area contributed by atoms with Crippen LogP contribution in [0.5, 0.6) is 0 Å². The molecule has 1 saturated carbocycles. The molecule has 1 aliphatic rings. The van der Waals surface area contributed by atoms with Gasteiger partial charge in [0.1, 0.15) is 0 Å². The fraction of sp³-hybridized carbons (Fsp3) is 0.818. The standard InChI is InChI=1S/C11H16N2/c1-9(12-2)8-10-4-6-11(13-3)7-5-10/h9-11H,4-8H2,1H3. The van der Waals surface area contributed by atoms with Gasteiger partial charge in [-0.15, -0.1) is 0 Å². The van der Waals surface area contributed by atoms with Gasteiger partial charge < -0.3 is 9.69 Å². The molecule has 0 saturated heterocycles. The van der Waals surface area contributed by atoms with Crippen LogP contribution >= 0.6 is 0 Å². The Morgan fingerprint density at radius 2 is 1.85 bits per heavy atom. The lowest BCUT2D eigenvalue weighted by molar-refractivity contribution is 0.322. The summed E-state index contributed by atoms with van der Waals surface area (Å²) in [6.45, 7) is 15.8. The summed E-state index contributed by atoms with van der Waals surface area (Å²) < 4.78 is 0. The molecule has 0 N–H and O–H groups in total. The minimum Gasteiger partial charge on any atom is -0.314 e. The molecule has 0 aromatic carbocycles. The summed E-state index contributed by atoms with van der Waals surface area (Å²) in [5.41, 5.74) is 0. The monoisotopic (exact) mass is 176 g/mol. The first-order valence-corrected chi connectivity index (χ1v) is 4.99. The summed E-state index contributed by atoms with van der Waals surface area (Å²) in [5.74, 6) is 0.710. The van der Waals surface area contributed by atoms with E-state index in [-0.39, 0.29) is 12.1 Å². The molecule has 0 radical (unpaired) electrons. The maximum absolute atomic E-state index is 6.92. The molecular formula is C11H16N2. The second-order valence-electron chi connectivity index (χ2n) is 4.02. The van der Waals surface area contributed by atoms with Crippen molar-refractivity contribution in [2.45, 2.75) is 51.1 Å². The SMILES string of the molecule is [C-]#[N+]C(C)CC1CCC([N+]#[C-])CC1. The van der Waals surface area contributed by atoms with Gasteiger partial charge in [-0.05, 0) is 18.8 Å². The van der Waals surface area contributed by atoms with Crippen LogP contribution in [0, 0.1) is 19.1 Å². The molecule has 1 atom stereocenters. The molecule has 2 heteroatoms. The Morgan fingerprint density at radius 3 is 2.31 bits per heavy atom. The van der Waals surface area contributed by atoms with E-state index < -0.39 is 0 Å². The zero-order valence-corrected chi connectivity index (χ0v) is 8.16. The van der Waals surface area contributed by atoms with Crippen LogP contribution in [0.3, 0.4) is 0 Å². The van der Waals surface area contributed by atoms with E-state index in [1.54, 1.807) is 0 Å². The van der Waals surface area contributed by atoms with Gasteiger partial charge >= 0.3 is 0 Å². The summed E-state index contributed by atoms with van der Waals surface area (Å²) in [4.78, 5) is 7.08. The molecule has 2 nitrogen and oxygen atoms in total. The van der Waals surface area contributed by atoms with Crippen molar-refractivity contribution in [3.05, 3.63) is 22.8 Å². The number of hydrogen-bond acceptors (Lipinski definition) is 0. The molecule has 70 valence electrons. The van der Waals surface area contributed by atoms with Gasteiger partial charge in [0, 0.05) is 26.2 Å². The average molecular weight is 176 g/mol. The van der Waals surface area contributed by atoms with Crippen molar-refractivity contribution < 1.29 is 0 Å². The maximum Gasteiger partial charge on any atom is 0.223 e. The summed E-state index contributed by atoms with van der Waals surface area (Å²) in [6, 6.07) is 0.453. The molecule has 1 aliphatic carbocycles. The quantitative estimate of drug-likeness (QED) is 0.571. The van der Waals surface area contributed by atoms with Crippen molar-refractivity contribution in [1.29, 1.82) is 0 Å². The lowest BCUT2D eigenvalue weighted by atomic mass is 9.83. The van der Waals surface area contributed by atoms with Crippen LogP contribution in [0.15, 0.2) is 0 Å². The van der Waals surface area contributed by atoms with Crippen LogP contribution in [0.1, 0.15) is 39.0 Å². The van der Waals surface area contributed by atoms with Gasteiger partial charge in [-0.2, -0.15) is 0 Å². The van der Waals surface area contributed by atoms with Crippen LogP contribution < -0.4 is 0 Å². The van der Waals surface area contributed by atoms with E-state index in [1.165, 1.54) is 0 Å². The molecule has 0 amide bonds. The van der Waals surface area contributed by atoms with E-state index in [2.05, 4.69) is 9.69 Å². The number of hydrogen-bond donors (Lipinski definition) is 0. The first-order valence-electron chi connectivity index (χ1n) is 4.99. The van der Waals surface area contributed by atoms with E-state index >= 15 is 0 Å². The van der Waals surface area contributed by atoms with E-state index in [0.717, 1.165) is 32.1 Å². The predicted molar refractivity (Wildman–Crippen MR) is 53.0 cm³/mol. The molecule has 1 fully saturated rings. The average Bonchev–Trinajstić information content (AvgIpc) is 2.19. The minimum atomic E-state index is 0.175. The number of rotatable bonds is 2. The Hall–Kier alpha value is -1.02. The molecular weight excluding hydrogens is 160 g/mol. The van der Waals surface area contributed by atoms with Gasteiger partial charge in [-0.3, -0.25) is 0 Å². The van der Waals surface area contributed by atoms with Gasteiger partial charge in [0.15, 0.2) is 0 Å². The first-order chi connectivity index (χ1) is 6.26. The van der Waals surface area contributed by atoms with Crippen LogP contribution in [-0.4, -0.2) is 12.1 Å². The van der Waals surface area contributed by atoms with E-state index in [1.807, 2.05) is 6.92 Å². The van der Waals surface area contributed by atoms with Gasteiger partial charge in [-0.25, -0.2) is 13.1 Å². The van der Waals surface area contributed by atoms with E-state index in [4.69, 9.17) is 13.1 Å². The second kappa shape index (κ2) is 4.87. The van der Waals surface area contributed by atoms with Crippen molar-refractivity contribution >= 4 is 0 Å². The second-order valence-corrected chi connectivity index (χ2v) is 4.02. The molecule has 0 heterocycles. The highest BCUT2D eigenvalue weighted by molar-refractivity contribution is 4.87. The highest BCUT2D eigenvalue weighted by Gasteiger charge is 2.26. The Labute approximate surface area is 80.6 Å². The molecule has 0 bridgehead atoms. The van der Waals surface area contributed by atoms with Crippen LogP contribution in [0.2, 0.25) is 0 Å². The molecule has 1 rings (SSSR count). The van der Waals surface area contributed by atoms with E-state index in [0.29, 0.717) is 5.92 Å². The van der Waals surface area contributed by atoms with Gasteiger partial charge in [0.05, 0.1) is 0 Å². The lowest BCUT2D eigenvalue weighted by Gasteiger charge is -2.21. The number of nitrogens with zero attached hydrogens (tertiary/aromatic N) is 2. The molecule has 1 unspecified atom stereocenters. The minimum absolute atomic E-state index is 0.175. The Bertz CT molecular complexity index is 225. The summed E-state index contributed by atoms with van der Waals surface area (Å²) in [5, 5.41) is 0. The van der Waals surface area contributed by atoms with Gasteiger partial charge in [0.25, 0.3) is 0 Å². The Balaban J connectivity index is 2.27. The smallest absolute Gasteiger partial charge is 0.223 e. The van der Waals surface area contributed by atoms with Gasteiger partial charge in [0.2, 0.25) is 12.1 Å². The third-order valence-electron chi connectivity index (χ3n) is 2.89. The van der Waals surface area contributed by atoms with Crippen molar-refractivity contribution in [2.75, 3.05) is 0 Å². The molecule has 13 heavy (non-hydrogen) atoms. The lowest BCUT2D eigenvalue weighted by Crippen LogP contribution is -2.18. The zero-order chi connectivity index (χ0) is 9.68. The van der Waals surface area contributed by atoms with Crippen molar-refractivity contribution in [2.24, 2.45) is 5.92 Å². The molecule has 0 spiro atoms. The summed E-state index contributed by atoms with van der Waals surface area (Å²) >= 11 is 0.